The minimum absolute atomic E-state index is 0.0994. The SMILES string of the molecule is Cc1ccccc1Oc1ccc(C(F)(F)F)cc1C=O. The molecule has 0 saturated heterocycles. The van der Waals surface area contributed by atoms with Gasteiger partial charge in [0, 0.05) is 0 Å². The topological polar surface area (TPSA) is 26.3 Å². The van der Waals surface area contributed by atoms with Crippen LogP contribution in [0.1, 0.15) is 21.5 Å². The molecule has 2 aromatic rings. The van der Waals surface area contributed by atoms with E-state index in [4.69, 9.17) is 4.74 Å². The molecule has 0 aliphatic heterocycles. The van der Waals surface area contributed by atoms with E-state index >= 15 is 0 Å². The molecule has 0 bridgehead atoms. The Hall–Kier alpha value is -2.30. The Labute approximate surface area is 113 Å². The van der Waals surface area contributed by atoms with Crippen molar-refractivity contribution in [2.24, 2.45) is 0 Å². The van der Waals surface area contributed by atoms with Crippen molar-refractivity contribution in [3.05, 3.63) is 59.2 Å². The predicted molar refractivity (Wildman–Crippen MR) is 68.1 cm³/mol. The Morgan fingerprint density at radius 3 is 2.35 bits per heavy atom. The maximum Gasteiger partial charge on any atom is 0.416 e. The molecule has 0 radical (unpaired) electrons. The number of carbonyl (C=O) groups excluding carboxylic acids is 1. The second-order valence-electron chi connectivity index (χ2n) is 4.24. The highest BCUT2D eigenvalue weighted by atomic mass is 19.4. The van der Waals surface area contributed by atoms with Gasteiger partial charge in [0.25, 0.3) is 0 Å². The van der Waals surface area contributed by atoms with Crippen LogP contribution in [0, 0.1) is 6.92 Å². The van der Waals surface area contributed by atoms with Crippen molar-refractivity contribution in [2.75, 3.05) is 0 Å². The fraction of sp³-hybridized carbons (Fsp3) is 0.133. The maximum absolute atomic E-state index is 12.6. The molecular weight excluding hydrogens is 269 g/mol. The second kappa shape index (κ2) is 5.36. The number of hydrogen-bond donors (Lipinski definition) is 0. The normalized spacial score (nSPS) is 11.2. The summed E-state index contributed by atoms with van der Waals surface area (Å²) in [5.41, 5.74) is -0.191. The Morgan fingerprint density at radius 2 is 1.75 bits per heavy atom. The van der Waals surface area contributed by atoms with E-state index in [0.29, 0.717) is 12.0 Å². The molecule has 104 valence electrons. The van der Waals surface area contributed by atoms with Gasteiger partial charge >= 0.3 is 6.18 Å². The number of alkyl halides is 3. The van der Waals surface area contributed by atoms with Crippen LogP contribution in [-0.2, 0) is 6.18 Å². The molecule has 0 aromatic heterocycles. The van der Waals surface area contributed by atoms with Crippen LogP contribution >= 0.6 is 0 Å². The third-order valence-electron chi connectivity index (χ3n) is 2.78. The number of benzene rings is 2. The molecule has 2 nitrogen and oxygen atoms in total. The fourth-order valence-electron chi connectivity index (χ4n) is 1.70. The van der Waals surface area contributed by atoms with Gasteiger partial charge in [-0.2, -0.15) is 13.2 Å². The highest BCUT2D eigenvalue weighted by Gasteiger charge is 2.31. The Morgan fingerprint density at radius 1 is 1.05 bits per heavy atom. The number of aryl methyl sites for hydroxylation is 1. The Bertz CT molecular complexity index is 633. The van der Waals surface area contributed by atoms with Crippen LogP contribution in [0.4, 0.5) is 13.2 Å². The highest BCUT2D eigenvalue weighted by molar-refractivity contribution is 5.80. The number of para-hydroxylation sites is 1. The van der Waals surface area contributed by atoms with Gasteiger partial charge < -0.3 is 4.74 Å². The summed E-state index contributed by atoms with van der Waals surface area (Å²) in [6.45, 7) is 1.81. The average Bonchev–Trinajstić information content (AvgIpc) is 2.40. The van der Waals surface area contributed by atoms with Crippen molar-refractivity contribution < 1.29 is 22.7 Å². The first-order valence-corrected chi connectivity index (χ1v) is 5.81. The second-order valence-corrected chi connectivity index (χ2v) is 4.24. The number of halogens is 3. The van der Waals surface area contributed by atoms with Crippen LogP contribution in [0.5, 0.6) is 11.5 Å². The fourth-order valence-corrected chi connectivity index (χ4v) is 1.70. The van der Waals surface area contributed by atoms with E-state index in [1.54, 1.807) is 25.1 Å². The summed E-state index contributed by atoms with van der Waals surface area (Å²) in [5.74, 6) is 0.595. The summed E-state index contributed by atoms with van der Waals surface area (Å²) < 4.78 is 43.2. The van der Waals surface area contributed by atoms with Gasteiger partial charge in [-0.25, -0.2) is 0 Å². The van der Waals surface area contributed by atoms with Gasteiger partial charge in [0.15, 0.2) is 6.29 Å². The number of carbonyl (C=O) groups is 1. The molecule has 20 heavy (non-hydrogen) atoms. The van der Waals surface area contributed by atoms with Crippen LogP contribution in [0.25, 0.3) is 0 Å². The van der Waals surface area contributed by atoms with Gasteiger partial charge in [-0.1, -0.05) is 18.2 Å². The quantitative estimate of drug-likeness (QED) is 0.767. The van der Waals surface area contributed by atoms with Crippen LogP contribution in [0.2, 0.25) is 0 Å². The van der Waals surface area contributed by atoms with Crippen LogP contribution < -0.4 is 4.74 Å². The van der Waals surface area contributed by atoms with Crippen molar-refractivity contribution >= 4 is 6.29 Å². The lowest BCUT2D eigenvalue weighted by Crippen LogP contribution is -2.06. The van der Waals surface area contributed by atoms with Crippen molar-refractivity contribution in [1.29, 1.82) is 0 Å². The molecule has 2 aromatic carbocycles. The van der Waals surface area contributed by atoms with Gasteiger partial charge in [0.05, 0.1) is 11.1 Å². The first kappa shape index (κ1) is 14.1. The van der Waals surface area contributed by atoms with Crippen molar-refractivity contribution in [2.45, 2.75) is 13.1 Å². The average molecular weight is 280 g/mol. The van der Waals surface area contributed by atoms with Crippen LogP contribution in [0.3, 0.4) is 0 Å². The predicted octanol–water partition coefficient (Wildman–Crippen LogP) is 4.62. The zero-order chi connectivity index (χ0) is 14.8. The monoisotopic (exact) mass is 280 g/mol. The van der Waals surface area contributed by atoms with Crippen molar-refractivity contribution in [1.82, 2.24) is 0 Å². The maximum atomic E-state index is 12.6. The van der Waals surface area contributed by atoms with Gasteiger partial charge in [-0.3, -0.25) is 4.79 Å². The van der Waals surface area contributed by atoms with Gasteiger partial charge in [-0.15, -0.1) is 0 Å². The van der Waals surface area contributed by atoms with E-state index in [0.717, 1.165) is 23.8 Å². The van der Waals surface area contributed by atoms with Crippen molar-refractivity contribution in [3.63, 3.8) is 0 Å². The van der Waals surface area contributed by atoms with E-state index in [1.165, 1.54) is 0 Å². The molecule has 0 unspecified atom stereocenters. The van der Waals surface area contributed by atoms with Crippen molar-refractivity contribution in [3.8, 4) is 11.5 Å². The zero-order valence-corrected chi connectivity index (χ0v) is 10.6. The summed E-state index contributed by atoms with van der Waals surface area (Å²) in [6, 6.07) is 9.87. The molecule has 2 rings (SSSR count). The molecule has 0 aliphatic carbocycles. The highest BCUT2D eigenvalue weighted by Crippen LogP contribution is 2.34. The number of hydrogen-bond acceptors (Lipinski definition) is 2. The minimum atomic E-state index is -4.49. The number of aldehydes is 1. The number of ether oxygens (including phenoxy) is 1. The largest absolute Gasteiger partial charge is 0.456 e. The summed E-state index contributed by atoms with van der Waals surface area (Å²) in [4.78, 5) is 10.9. The molecule has 0 N–H and O–H groups in total. The van der Waals surface area contributed by atoms with Gasteiger partial charge in [0.1, 0.15) is 11.5 Å². The van der Waals surface area contributed by atoms with Crippen LogP contribution in [-0.4, -0.2) is 6.29 Å². The van der Waals surface area contributed by atoms with E-state index in [-0.39, 0.29) is 11.3 Å². The summed E-state index contributed by atoms with van der Waals surface area (Å²) in [7, 11) is 0. The van der Waals surface area contributed by atoms with E-state index in [9.17, 15) is 18.0 Å². The molecule has 0 aliphatic rings. The Kier molecular flexibility index (Phi) is 3.79. The molecule has 0 heterocycles. The third kappa shape index (κ3) is 2.99. The molecular formula is C15H11F3O2. The summed E-state index contributed by atoms with van der Waals surface area (Å²) in [5, 5.41) is 0. The molecule has 0 spiro atoms. The van der Waals surface area contributed by atoms with E-state index < -0.39 is 11.7 Å². The van der Waals surface area contributed by atoms with E-state index in [2.05, 4.69) is 0 Å². The first-order valence-electron chi connectivity index (χ1n) is 5.81. The van der Waals surface area contributed by atoms with E-state index in [1.807, 2.05) is 6.07 Å². The molecule has 0 amide bonds. The summed E-state index contributed by atoms with van der Waals surface area (Å²) >= 11 is 0. The summed E-state index contributed by atoms with van der Waals surface area (Å²) in [6.07, 6.45) is -4.14. The van der Waals surface area contributed by atoms with Crippen LogP contribution in [0.15, 0.2) is 42.5 Å². The first-order chi connectivity index (χ1) is 9.41. The smallest absolute Gasteiger partial charge is 0.416 e. The number of rotatable bonds is 3. The van der Waals surface area contributed by atoms with Gasteiger partial charge in [-0.05, 0) is 36.8 Å². The molecule has 0 fully saturated rings. The lowest BCUT2D eigenvalue weighted by molar-refractivity contribution is -0.137. The third-order valence-corrected chi connectivity index (χ3v) is 2.78. The molecule has 5 heteroatoms. The molecule has 0 atom stereocenters. The Balaban J connectivity index is 2.38. The standard InChI is InChI=1S/C15H11F3O2/c1-10-4-2-3-5-13(10)20-14-7-6-12(15(16,17)18)8-11(14)9-19/h2-9H,1H3. The lowest BCUT2D eigenvalue weighted by atomic mass is 10.1. The zero-order valence-electron chi connectivity index (χ0n) is 10.6. The van der Waals surface area contributed by atoms with Gasteiger partial charge in [0.2, 0.25) is 0 Å². The minimum Gasteiger partial charge on any atom is -0.456 e. The lowest BCUT2D eigenvalue weighted by Gasteiger charge is -2.12. The molecule has 0 saturated carbocycles.